The SMILES string of the molecule is CC(C)(C)c1ccc(N2C(=O)C(SCc3ccco3)=C(c3ccccc3)C2=O)cc1. The monoisotopic (exact) mass is 417 g/mol. The van der Waals surface area contributed by atoms with Crippen molar-refractivity contribution in [3.8, 4) is 0 Å². The highest BCUT2D eigenvalue weighted by molar-refractivity contribution is 8.03. The first kappa shape index (κ1) is 20.2. The molecular weight excluding hydrogens is 394 g/mol. The third kappa shape index (κ3) is 3.85. The molecule has 152 valence electrons. The third-order valence-corrected chi connectivity index (χ3v) is 6.13. The summed E-state index contributed by atoms with van der Waals surface area (Å²) in [7, 11) is 0. The highest BCUT2D eigenvalue weighted by atomic mass is 32.2. The molecule has 0 N–H and O–H groups in total. The van der Waals surface area contributed by atoms with E-state index in [-0.39, 0.29) is 17.2 Å². The van der Waals surface area contributed by atoms with E-state index >= 15 is 0 Å². The van der Waals surface area contributed by atoms with E-state index in [1.165, 1.54) is 16.7 Å². The lowest BCUT2D eigenvalue weighted by Gasteiger charge is -2.21. The smallest absolute Gasteiger partial charge is 0.272 e. The summed E-state index contributed by atoms with van der Waals surface area (Å²) < 4.78 is 5.40. The normalized spacial score (nSPS) is 14.7. The zero-order valence-corrected chi connectivity index (χ0v) is 18.0. The summed E-state index contributed by atoms with van der Waals surface area (Å²) in [5.41, 5.74) is 2.91. The van der Waals surface area contributed by atoms with Crippen molar-refractivity contribution in [2.24, 2.45) is 0 Å². The fraction of sp³-hybridized carbons (Fsp3) is 0.200. The van der Waals surface area contributed by atoms with Crippen molar-refractivity contribution in [3.63, 3.8) is 0 Å². The molecule has 0 radical (unpaired) electrons. The van der Waals surface area contributed by atoms with Crippen molar-refractivity contribution in [1.29, 1.82) is 0 Å². The van der Waals surface area contributed by atoms with Crippen LogP contribution in [0.25, 0.3) is 5.57 Å². The van der Waals surface area contributed by atoms with Crippen molar-refractivity contribution in [1.82, 2.24) is 0 Å². The minimum Gasteiger partial charge on any atom is -0.468 e. The molecule has 0 spiro atoms. The zero-order chi connectivity index (χ0) is 21.3. The Morgan fingerprint density at radius 2 is 1.57 bits per heavy atom. The number of imide groups is 1. The summed E-state index contributed by atoms with van der Waals surface area (Å²) in [4.78, 5) is 28.4. The summed E-state index contributed by atoms with van der Waals surface area (Å²) in [6.07, 6.45) is 1.60. The summed E-state index contributed by atoms with van der Waals surface area (Å²) in [6.45, 7) is 6.39. The minimum absolute atomic E-state index is 0.00490. The minimum atomic E-state index is -0.295. The maximum Gasteiger partial charge on any atom is 0.272 e. The molecule has 0 unspecified atom stereocenters. The molecule has 2 aromatic carbocycles. The molecule has 3 aromatic rings. The van der Waals surface area contributed by atoms with Gasteiger partial charge in [0, 0.05) is 0 Å². The van der Waals surface area contributed by atoms with E-state index in [1.54, 1.807) is 6.26 Å². The van der Waals surface area contributed by atoms with Crippen molar-refractivity contribution < 1.29 is 14.0 Å². The van der Waals surface area contributed by atoms with E-state index in [2.05, 4.69) is 20.8 Å². The number of carbonyl (C=O) groups excluding carboxylic acids is 2. The van der Waals surface area contributed by atoms with Crippen LogP contribution in [-0.2, 0) is 20.8 Å². The van der Waals surface area contributed by atoms with Crippen LogP contribution >= 0.6 is 11.8 Å². The van der Waals surface area contributed by atoms with Gasteiger partial charge in [-0.3, -0.25) is 9.59 Å². The Bertz CT molecular complexity index is 1090. The van der Waals surface area contributed by atoms with Crippen LogP contribution in [0.1, 0.15) is 37.7 Å². The molecule has 1 aliphatic rings. The van der Waals surface area contributed by atoms with Gasteiger partial charge in [-0.25, -0.2) is 4.90 Å². The lowest BCUT2D eigenvalue weighted by molar-refractivity contribution is -0.119. The van der Waals surface area contributed by atoms with Crippen molar-refractivity contribution in [2.75, 3.05) is 4.90 Å². The lowest BCUT2D eigenvalue weighted by Crippen LogP contribution is -2.31. The number of amides is 2. The quantitative estimate of drug-likeness (QED) is 0.493. The fourth-order valence-corrected chi connectivity index (χ4v) is 4.40. The highest BCUT2D eigenvalue weighted by Gasteiger charge is 2.40. The molecule has 30 heavy (non-hydrogen) atoms. The van der Waals surface area contributed by atoms with Crippen LogP contribution in [0, 0.1) is 0 Å². The van der Waals surface area contributed by atoms with Crippen molar-refractivity contribution in [2.45, 2.75) is 31.9 Å². The number of furan rings is 1. The molecule has 2 heterocycles. The van der Waals surface area contributed by atoms with Gasteiger partial charge in [0.25, 0.3) is 11.8 Å². The van der Waals surface area contributed by atoms with Crippen LogP contribution in [0.2, 0.25) is 0 Å². The number of benzene rings is 2. The Balaban J connectivity index is 1.70. The number of anilines is 1. The molecule has 2 amide bonds. The van der Waals surface area contributed by atoms with E-state index in [0.717, 1.165) is 16.9 Å². The van der Waals surface area contributed by atoms with Gasteiger partial charge in [0.05, 0.1) is 28.2 Å². The fourth-order valence-electron chi connectivity index (χ4n) is 3.39. The lowest BCUT2D eigenvalue weighted by atomic mass is 9.87. The summed E-state index contributed by atoms with van der Waals surface area (Å²) in [5, 5.41) is 0. The third-order valence-electron chi connectivity index (χ3n) is 5.03. The number of hydrogen-bond acceptors (Lipinski definition) is 4. The maximum atomic E-state index is 13.4. The zero-order valence-electron chi connectivity index (χ0n) is 17.2. The Hall–Kier alpha value is -3.05. The maximum absolute atomic E-state index is 13.4. The first-order chi connectivity index (χ1) is 14.4. The van der Waals surface area contributed by atoms with Gasteiger partial charge in [-0.1, -0.05) is 63.2 Å². The van der Waals surface area contributed by atoms with Gasteiger partial charge >= 0.3 is 0 Å². The van der Waals surface area contributed by atoms with E-state index < -0.39 is 0 Å². The Labute approximate surface area is 180 Å². The number of rotatable bonds is 5. The molecule has 0 aliphatic carbocycles. The number of carbonyl (C=O) groups is 2. The second-order valence-electron chi connectivity index (χ2n) is 8.18. The molecule has 0 fully saturated rings. The molecule has 0 bridgehead atoms. The largest absolute Gasteiger partial charge is 0.468 e. The van der Waals surface area contributed by atoms with Crippen LogP contribution in [0.15, 0.2) is 82.3 Å². The molecule has 1 aromatic heterocycles. The van der Waals surface area contributed by atoms with Gasteiger partial charge in [0.15, 0.2) is 0 Å². The van der Waals surface area contributed by atoms with Crippen LogP contribution in [-0.4, -0.2) is 11.8 Å². The van der Waals surface area contributed by atoms with E-state index in [0.29, 0.717) is 21.9 Å². The molecule has 0 saturated heterocycles. The van der Waals surface area contributed by atoms with Gasteiger partial charge in [0.2, 0.25) is 0 Å². The van der Waals surface area contributed by atoms with Crippen molar-refractivity contribution in [3.05, 3.63) is 94.8 Å². The Kier molecular flexibility index (Phi) is 5.39. The summed E-state index contributed by atoms with van der Waals surface area (Å²) in [5.74, 6) is 0.651. The van der Waals surface area contributed by atoms with Gasteiger partial charge < -0.3 is 4.42 Å². The number of nitrogens with zero attached hydrogens (tertiary/aromatic N) is 1. The second kappa shape index (κ2) is 8.00. The summed E-state index contributed by atoms with van der Waals surface area (Å²) >= 11 is 1.34. The van der Waals surface area contributed by atoms with Gasteiger partial charge in [-0.05, 0) is 40.8 Å². The second-order valence-corrected chi connectivity index (χ2v) is 9.17. The first-order valence-electron chi connectivity index (χ1n) is 9.80. The molecular formula is C25H23NO3S. The molecule has 1 aliphatic heterocycles. The first-order valence-corrected chi connectivity index (χ1v) is 10.8. The average molecular weight is 418 g/mol. The van der Waals surface area contributed by atoms with Gasteiger partial charge in [0.1, 0.15) is 5.76 Å². The predicted octanol–water partition coefficient (Wildman–Crippen LogP) is 5.80. The standard InChI is InChI=1S/C25H23NO3S/c1-25(2,3)18-11-13-19(14-12-18)26-23(27)21(17-8-5-4-6-9-17)22(24(26)28)30-16-20-10-7-15-29-20/h4-15H,16H2,1-3H3. The van der Waals surface area contributed by atoms with Gasteiger partial charge in [-0.2, -0.15) is 0 Å². The molecule has 5 heteroatoms. The van der Waals surface area contributed by atoms with Crippen LogP contribution in [0.3, 0.4) is 0 Å². The van der Waals surface area contributed by atoms with Gasteiger partial charge in [-0.15, -0.1) is 11.8 Å². The van der Waals surface area contributed by atoms with Crippen molar-refractivity contribution >= 4 is 34.8 Å². The average Bonchev–Trinajstić information content (AvgIpc) is 3.32. The molecule has 0 atom stereocenters. The number of hydrogen-bond donors (Lipinski definition) is 0. The predicted molar refractivity (Wildman–Crippen MR) is 121 cm³/mol. The van der Waals surface area contributed by atoms with E-state index in [4.69, 9.17) is 4.42 Å². The Morgan fingerprint density at radius 1 is 0.867 bits per heavy atom. The van der Waals surface area contributed by atoms with Crippen LogP contribution in [0.4, 0.5) is 5.69 Å². The van der Waals surface area contributed by atoms with Crippen LogP contribution < -0.4 is 4.90 Å². The Morgan fingerprint density at radius 3 is 2.17 bits per heavy atom. The molecule has 0 saturated carbocycles. The van der Waals surface area contributed by atoms with Crippen LogP contribution in [0.5, 0.6) is 0 Å². The highest BCUT2D eigenvalue weighted by Crippen LogP contribution is 2.40. The number of thioether (sulfide) groups is 1. The molecule has 4 rings (SSSR count). The topological polar surface area (TPSA) is 50.5 Å². The summed E-state index contributed by atoms with van der Waals surface area (Å²) in [6, 6.07) is 20.7. The van der Waals surface area contributed by atoms with E-state index in [9.17, 15) is 9.59 Å². The molecule has 4 nitrogen and oxygen atoms in total. The van der Waals surface area contributed by atoms with E-state index in [1.807, 2.05) is 66.7 Å².